The third kappa shape index (κ3) is 20.2. The highest BCUT2D eigenvalue weighted by Gasteiger charge is 2.12. The summed E-state index contributed by atoms with van der Waals surface area (Å²) in [5, 5.41) is 0. The van der Waals surface area contributed by atoms with Crippen LogP contribution in [0.1, 0.15) is 156 Å². The van der Waals surface area contributed by atoms with Gasteiger partial charge in [0, 0.05) is 6.42 Å². The molecule has 0 aliphatic carbocycles. The zero-order valence-electron chi connectivity index (χ0n) is 19.7. The van der Waals surface area contributed by atoms with E-state index >= 15 is 0 Å². The van der Waals surface area contributed by atoms with Crippen LogP contribution in [-0.2, 0) is 9.53 Å². The quantitative estimate of drug-likeness (QED) is 0.135. The highest BCUT2D eigenvalue weighted by atomic mass is 16.5. The third-order valence-corrected chi connectivity index (χ3v) is 5.77. The van der Waals surface area contributed by atoms with Crippen LogP contribution in [-0.4, -0.2) is 12.1 Å². The third-order valence-electron chi connectivity index (χ3n) is 5.77. The van der Waals surface area contributed by atoms with Gasteiger partial charge in [0.1, 0.15) is 6.10 Å². The van der Waals surface area contributed by atoms with Crippen molar-refractivity contribution in [2.45, 2.75) is 162 Å². The van der Waals surface area contributed by atoms with Gasteiger partial charge in [-0.25, -0.2) is 0 Å². The molecule has 0 bridgehead atoms. The lowest BCUT2D eigenvalue weighted by molar-refractivity contribution is -0.150. The highest BCUT2D eigenvalue weighted by molar-refractivity contribution is 5.69. The molecule has 0 amide bonds. The summed E-state index contributed by atoms with van der Waals surface area (Å²) in [7, 11) is 0. The molecule has 168 valence electrons. The van der Waals surface area contributed by atoms with Crippen LogP contribution in [0, 0.1) is 0 Å². The molecule has 28 heavy (non-hydrogen) atoms. The van der Waals surface area contributed by atoms with Crippen molar-refractivity contribution >= 4 is 5.97 Å². The zero-order chi connectivity index (χ0) is 20.7. The maximum absolute atomic E-state index is 12.0. The molecule has 1 atom stereocenters. The first-order valence-electron chi connectivity index (χ1n) is 12.9. The number of hydrogen-bond acceptors (Lipinski definition) is 2. The second-order valence-corrected chi connectivity index (χ2v) is 8.74. The van der Waals surface area contributed by atoms with E-state index in [1.807, 2.05) is 0 Å². The van der Waals surface area contributed by atoms with Gasteiger partial charge < -0.3 is 4.74 Å². The molecule has 0 aromatic heterocycles. The van der Waals surface area contributed by atoms with Gasteiger partial charge in [0.15, 0.2) is 0 Å². The van der Waals surface area contributed by atoms with Crippen molar-refractivity contribution in [3.05, 3.63) is 0 Å². The van der Waals surface area contributed by atoms with Gasteiger partial charge in [0.05, 0.1) is 0 Å². The van der Waals surface area contributed by atoms with Crippen molar-refractivity contribution < 1.29 is 9.53 Å². The number of ether oxygens (including phenoxy) is 1. The number of hydrogen-bond donors (Lipinski definition) is 0. The van der Waals surface area contributed by atoms with Crippen LogP contribution in [0.2, 0.25) is 0 Å². The number of unbranched alkanes of at least 4 members (excludes halogenated alkanes) is 15. The minimum absolute atomic E-state index is 0.0317. The number of carbonyl (C=O) groups excluding carboxylic acids is 1. The monoisotopic (exact) mass is 396 g/mol. The Morgan fingerprint density at radius 1 is 0.536 bits per heavy atom. The first-order chi connectivity index (χ1) is 13.7. The normalized spacial score (nSPS) is 12.2. The number of rotatable bonds is 22. The predicted molar refractivity (Wildman–Crippen MR) is 124 cm³/mol. The Morgan fingerprint density at radius 2 is 0.964 bits per heavy atom. The minimum Gasteiger partial charge on any atom is -0.462 e. The average molecular weight is 397 g/mol. The first kappa shape index (κ1) is 27.5. The summed E-state index contributed by atoms with van der Waals surface area (Å²) in [5.74, 6) is 0.0317. The van der Waals surface area contributed by atoms with Gasteiger partial charge in [-0.05, 0) is 19.3 Å². The molecular formula is C26H52O2. The van der Waals surface area contributed by atoms with Crippen molar-refractivity contribution in [1.82, 2.24) is 0 Å². The van der Waals surface area contributed by atoms with Crippen LogP contribution in [0.3, 0.4) is 0 Å². The van der Waals surface area contributed by atoms with Crippen molar-refractivity contribution in [1.29, 1.82) is 0 Å². The minimum atomic E-state index is 0.0317. The van der Waals surface area contributed by atoms with E-state index in [2.05, 4.69) is 20.8 Å². The van der Waals surface area contributed by atoms with E-state index in [1.165, 1.54) is 96.3 Å². The Balaban J connectivity index is 3.34. The summed E-state index contributed by atoms with van der Waals surface area (Å²) < 4.78 is 5.67. The fraction of sp³-hybridized carbons (Fsp3) is 0.962. The van der Waals surface area contributed by atoms with Crippen LogP contribution >= 0.6 is 0 Å². The summed E-state index contributed by atoms with van der Waals surface area (Å²) in [5.41, 5.74) is 0. The summed E-state index contributed by atoms with van der Waals surface area (Å²) in [4.78, 5) is 12.0. The van der Waals surface area contributed by atoms with E-state index in [9.17, 15) is 4.79 Å². The highest BCUT2D eigenvalue weighted by Crippen LogP contribution is 2.15. The molecule has 0 aromatic carbocycles. The number of carbonyl (C=O) groups is 1. The van der Waals surface area contributed by atoms with Crippen LogP contribution in [0.15, 0.2) is 0 Å². The van der Waals surface area contributed by atoms with Gasteiger partial charge in [-0.1, -0.05) is 130 Å². The zero-order valence-corrected chi connectivity index (χ0v) is 19.7. The molecule has 1 unspecified atom stereocenters. The largest absolute Gasteiger partial charge is 0.462 e. The van der Waals surface area contributed by atoms with Crippen LogP contribution in [0.4, 0.5) is 0 Å². The first-order valence-corrected chi connectivity index (χ1v) is 12.9. The molecule has 0 saturated heterocycles. The Bertz CT molecular complexity index is 314. The van der Waals surface area contributed by atoms with Gasteiger partial charge in [0.2, 0.25) is 0 Å². The van der Waals surface area contributed by atoms with Crippen LogP contribution in [0.25, 0.3) is 0 Å². The van der Waals surface area contributed by atoms with E-state index in [0.29, 0.717) is 6.42 Å². The average Bonchev–Trinajstić information content (AvgIpc) is 2.69. The van der Waals surface area contributed by atoms with Gasteiger partial charge in [-0.2, -0.15) is 0 Å². The molecule has 0 heterocycles. The molecule has 0 saturated carbocycles. The van der Waals surface area contributed by atoms with E-state index in [1.54, 1.807) is 0 Å². The molecule has 0 fully saturated rings. The summed E-state index contributed by atoms with van der Waals surface area (Å²) in [6, 6.07) is 0. The summed E-state index contributed by atoms with van der Waals surface area (Å²) in [6.07, 6.45) is 26.6. The SMILES string of the molecule is CCCCCCCCCCCCCCCCCC(=O)OC(CCC)CCCC. The fourth-order valence-electron chi connectivity index (χ4n) is 3.90. The van der Waals surface area contributed by atoms with E-state index in [4.69, 9.17) is 4.74 Å². The maximum Gasteiger partial charge on any atom is 0.306 e. The number of esters is 1. The lowest BCUT2D eigenvalue weighted by Gasteiger charge is -2.17. The van der Waals surface area contributed by atoms with Gasteiger partial charge in [-0.3, -0.25) is 4.79 Å². The second-order valence-electron chi connectivity index (χ2n) is 8.74. The Kier molecular flexibility index (Phi) is 22.3. The summed E-state index contributed by atoms with van der Waals surface area (Å²) in [6.45, 7) is 6.65. The van der Waals surface area contributed by atoms with E-state index in [-0.39, 0.29) is 12.1 Å². The summed E-state index contributed by atoms with van der Waals surface area (Å²) >= 11 is 0. The lowest BCUT2D eigenvalue weighted by atomic mass is 10.0. The predicted octanol–water partition coefficient (Wildman–Crippen LogP) is 9.15. The molecule has 0 rings (SSSR count). The van der Waals surface area contributed by atoms with E-state index in [0.717, 1.165) is 32.1 Å². The maximum atomic E-state index is 12.0. The van der Waals surface area contributed by atoms with Crippen molar-refractivity contribution in [3.63, 3.8) is 0 Å². The van der Waals surface area contributed by atoms with Crippen LogP contribution < -0.4 is 0 Å². The molecule has 0 spiro atoms. The molecule has 2 nitrogen and oxygen atoms in total. The molecule has 0 radical (unpaired) electrons. The Morgan fingerprint density at radius 3 is 1.39 bits per heavy atom. The molecular weight excluding hydrogens is 344 g/mol. The lowest BCUT2D eigenvalue weighted by Crippen LogP contribution is -2.18. The van der Waals surface area contributed by atoms with Crippen molar-refractivity contribution in [2.24, 2.45) is 0 Å². The van der Waals surface area contributed by atoms with Gasteiger partial charge in [-0.15, -0.1) is 0 Å². The standard InChI is InChI=1S/C26H52O2/c1-4-7-9-10-11-12-13-14-15-16-17-18-19-20-21-24-26(27)28-25(22-6-3)23-8-5-2/h25H,4-24H2,1-3H3. The smallest absolute Gasteiger partial charge is 0.306 e. The topological polar surface area (TPSA) is 26.3 Å². The second kappa shape index (κ2) is 22.8. The Labute approximate surface area is 177 Å². The Hall–Kier alpha value is -0.530. The van der Waals surface area contributed by atoms with Crippen molar-refractivity contribution in [3.8, 4) is 0 Å². The molecule has 0 aliphatic rings. The van der Waals surface area contributed by atoms with Gasteiger partial charge >= 0.3 is 5.97 Å². The van der Waals surface area contributed by atoms with Crippen LogP contribution in [0.5, 0.6) is 0 Å². The molecule has 2 heteroatoms. The molecule has 0 N–H and O–H groups in total. The molecule has 0 aromatic rings. The van der Waals surface area contributed by atoms with Crippen molar-refractivity contribution in [2.75, 3.05) is 0 Å². The van der Waals surface area contributed by atoms with E-state index < -0.39 is 0 Å². The fourth-order valence-corrected chi connectivity index (χ4v) is 3.90. The molecule has 0 aliphatic heterocycles. The van der Waals surface area contributed by atoms with Gasteiger partial charge in [0.25, 0.3) is 0 Å².